The summed E-state index contributed by atoms with van der Waals surface area (Å²) in [5, 5.41) is 11.5. The van der Waals surface area contributed by atoms with Crippen LogP contribution in [-0.2, 0) is 4.74 Å². The van der Waals surface area contributed by atoms with Gasteiger partial charge < -0.3 is 20.5 Å². The highest BCUT2D eigenvalue weighted by Crippen LogP contribution is 2.36. The molecule has 0 atom stereocenters. The fourth-order valence-electron chi connectivity index (χ4n) is 2.38. The Morgan fingerprint density at radius 1 is 1.32 bits per heavy atom. The monoisotopic (exact) mass is 304 g/mol. The van der Waals surface area contributed by atoms with Crippen LogP contribution in [-0.4, -0.2) is 37.5 Å². The molecular weight excluding hydrogens is 287 g/mol. The van der Waals surface area contributed by atoms with Crippen LogP contribution in [0.1, 0.15) is 12.8 Å². The van der Waals surface area contributed by atoms with Gasteiger partial charge in [0.1, 0.15) is 0 Å². The van der Waals surface area contributed by atoms with E-state index in [4.69, 9.17) is 33.7 Å². The van der Waals surface area contributed by atoms with Crippen molar-refractivity contribution in [2.75, 3.05) is 37.4 Å². The standard InChI is InChI=1S/C13H18Cl2N2O2/c1-17(8-13(18)2-4-19-5-3-13)12-10(14)6-9(16)7-11(12)15/h6-7,18H,2-5,8,16H2,1H3. The van der Waals surface area contributed by atoms with Gasteiger partial charge in [0.15, 0.2) is 0 Å². The van der Waals surface area contributed by atoms with E-state index in [1.165, 1.54) is 0 Å². The van der Waals surface area contributed by atoms with Crippen molar-refractivity contribution in [3.8, 4) is 0 Å². The third-order valence-corrected chi connectivity index (χ3v) is 3.95. The molecule has 0 bridgehead atoms. The van der Waals surface area contributed by atoms with E-state index in [0.717, 1.165) is 0 Å². The number of likely N-dealkylation sites (N-methyl/N-ethyl adjacent to an activating group) is 1. The number of nitrogens with two attached hydrogens (primary N) is 1. The molecule has 0 aromatic heterocycles. The molecule has 0 saturated carbocycles. The molecule has 1 heterocycles. The van der Waals surface area contributed by atoms with Crippen LogP contribution in [0.2, 0.25) is 10.0 Å². The lowest BCUT2D eigenvalue weighted by Crippen LogP contribution is -2.45. The van der Waals surface area contributed by atoms with Crippen molar-refractivity contribution in [2.24, 2.45) is 0 Å². The Balaban J connectivity index is 2.18. The van der Waals surface area contributed by atoms with Gasteiger partial charge in [-0.1, -0.05) is 23.2 Å². The average molecular weight is 305 g/mol. The first-order valence-corrected chi connectivity index (χ1v) is 6.93. The molecule has 1 aromatic carbocycles. The van der Waals surface area contributed by atoms with Gasteiger partial charge in [0, 0.05) is 45.3 Å². The van der Waals surface area contributed by atoms with Gasteiger partial charge in [0.2, 0.25) is 0 Å². The maximum atomic E-state index is 10.5. The number of benzene rings is 1. The van der Waals surface area contributed by atoms with Crippen LogP contribution in [0.4, 0.5) is 11.4 Å². The van der Waals surface area contributed by atoms with Gasteiger partial charge in [0.05, 0.1) is 21.3 Å². The highest BCUT2D eigenvalue weighted by atomic mass is 35.5. The summed E-state index contributed by atoms with van der Waals surface area (Å²) in [7, 11) is 1.86. The Bertz CT molecular complexity index is 439. The number of hydrogen-bond acceptors (Lipinski definition) is 4. The number of halogens is 2. The second-order valence-electron chi connectivity index (χ2n) is 5.03. The van der Waals surface area contributed by atoms with E-state index in [1.807, 2.05) is 11.9 Å². The molecule has 2 rings (SSSR count). The van der Waals surface area contributed by atoms with Gasteiger partial charge in [-0.05, 0) is 12.1 Å². The van der Waals surface area contributed by atoms with E-state index in [-0.39, 0.29) is 0 Å². The lowest BCUT2D eigenvalue weighted by Gasteiger charge is -2.36. The van der Waals surface area contributed by atoms with E-state index >= 15 is 0 Å². The highest BCUT2D eigenvalue weighted by molar-refractivity contribution is 6.39. The van der Waals surface area contributed by atoms with Crippen molar-refractivity contribution in [3.05, 3.63) is 22.2 Å². The maximum Gasteiger partial charge on any atom is 0.0865 e. The van der Waals surface area contributed by atoms with Crippen molar-refractivity contribution in [3.63, 3.8) is 0 Å². The quantitative estimate of drug-likeness (QED) is 0.843. The molecule has 0 aliphatic carbocycles. The fourth-order valence-corrected chi connectivity index (χ4v) is 3.17. The third-order valence-electron chi connectivity index (χ3n) is 3.38. The minimum absolute atomic E-state index is 0.458. The molecule has 4 nitrogen and oxygen atoms in total. The molecule has 0 amide bonds. The Morgan fingerprint density at radius 2 is 1.84 bits per heavy atom. The predicted octanol–water partition coefficient (Wildman–Crippen LogP) is 2.55. The van der Waals surface area contributed by atoms with Crippen LogP contribution >= 0.6 is 23.2 Å². The highest BCUT2D eigenvalue weighted by Gasteiger charge is 2.32. The van der Waals surface area contributed by atoms with Crippen LogP contribution in [0.25, 0.3) is 0 Å². The molecule has 0 radical (unpaired) electrons. The molecule has 1 saturated heterocycles. The molecule has 6 heteroatoms. The molecule has 1 aliphatic heterocycles. The minimum Gasteiger partial charge on any atom is -0.399 e. The summed E-state index contributed by atoms with van der Waals surface area (Å²) in [6.45, 7) is 1.61. The summed E-state index contributed by atoms with van der Waals surface area (Å²) < 4.78 is 5.27. The fraction of sp³-hybridized carbons (Fsp3) is 0.538. The van der Waals surface area contributed by atoms with Gasteiger partial charge in [-0.15, -0.1) is 0 Å². The second-order valence-corrected chi connectivity index (χ2v) is 5.84. The molecule has 1 fully saturated rings. The van der Waals surface area contributed by atoms with Crippen molar-refractivity contribution in [2.45, 2.75) is 18.4 Å². The van der Waals surface area contributed by atoms with E-state index in [9.17, 15) is 5.11 Å². The zero-order valence-electron chi connectivity index (χ0n) is 10.8. The van der Waals surface area contributed by atoms with Crippen molar-refractivity contribution >= 4 is 34.6 Å². The average Bonchev–Trinajstić information content (AvgIpc) is 2.27. The van der Waals surface area contributed by atoms with Gasteiger partial charge in [0.25, 0.3) is 0 Å². The molecular formula is C13H18Cl2N2O2. The molecule has 19 heavy (non-hydrogen) atoms. The largest absolute Gasteiger partial charge is 0.399 e. The molecule has 1 aromatic rings. The summed E-state index contributed by atoms with van der Waals surface area (Å²) in [5.41, 5.74) is 6.14. The lowest BCUT2D eigenvalue weighted by atomic mass is 9.94. The summed E-state index contributed by atoms with van der Waals surface area (Å²) in [4.78, 5) is 1.87. The van der Waals surface area contributed by atoms with Gasteiger partial charge >= 0.3 is 0 Å². The van der Waals surface area contributed by atoms with E-state index in [0.29, 0.717) is 54.0 Å². The van der Waals surface area contributed by atoms with E-state index in [2.05, 4.69) is 0 Å². The number of anilines is 2. The first-order chi connectivity index (χ1) is 8.91. The summed E-state index contributed by atoms with van der Waals surface area (Å²) in [6.07, 6.45) is 1.23. The summed E-state index contributed by atoms with van der Waals surface area (Å²) >= 11 is 12.4. The zero-order valence-corrected chi connectivity index (χ0v) is 12.3. The summed E-state index contributed by atoms with van der Waals surface area (Å²) in [5.74, 6) is 0. The molecule has 3 N–H and O–H groups in total. The number of rotatable bonds is 3. The van der Waals surface area contributed by atoms with Gasteiger partial charge in [-0.25, -0.2) is 0 Å². The lowest BCUT2D eigenvalue weighted by molar-refractivity contribution is -0.0572. The van der Waals surface area contributed by atoms with E-state index in [1.54, 1.807) is 12.1 Å². The molecule has 1 aliphatic rings. The van der Waals surface area contributed by atoms with Crippen molar-refractivity contribution in [1.29, 1.82) is 0 Å². The van der Waals surface area contributed by atoms with Crippen LogP contribution in [0, 0.1) is 0 Å². The number of nitrogen functional groups attached to an aromatic ring is 1. The minimum atomic E-state index is -0.763. The third kappa shape index (κ3) is 3.45. The van der Waals surface area contributed by atoms with Crippen LogP contribution < -0.4 is 10.6 Å². The number of nitrogens with zero attached hydrogens (tertiary/aromatic N) is 1. The Labute approximate surface area is 123 Å². The van der Waals surface area contributed by atoms with Crippen LogP contribution in [0.3, 0.4) is 0 Å². The van der Waals surface area contributed by atoms with Gasteiger partial charge in [-0.2, -0.15) is 0 Å². The van der Waals surface area contributed by atoms with Crippen LogP contribution in [0.5, 0.6) is 0 Å². The SMILES string of the molecule is CN(CC1(O)CCOCC1)c1c(Cl)cc(N)cc1Cl. The number of hydrogen-bond donors (Lipinski definition) is 2. The predicted molar refractivity (Wildman–Crippen MR) is 79.1 cm³/mol. The first kappa shape index (κ1) is 14.7. The maximum absolute atomic E-state index is 10.5. The topological polar surface area (TPSA) is 58.7 Å². The summed E-state index contributed by atoms with van der Waals surface area (Å²) in [6, 6.07) is 3.32. The molecule has 106 valence electrons. The smallest absolute Gasteiger partial charge is 0.0865 e. The van der Waals surface area contributed by atoms with E-state index < -0.39 is 5.60 Å². The number of ether oxygens (including phenoxy) is 1. The van der Waals surface area contributed by atoms with Crippen LogP contribution in [0.15, 0.2) is 12.1 Å². The van der Waals surface area contributed by atoms with Gasteiger partial charge in [-0.3, -0.25) is 0 Å². The normalized spacial score (nSPS) is 18.3. The van der Waals surface area contributed by atoms with Crippen molar-refractivity contribution < 1.29 is 9.84 Å². The Kier molecular flexibility index (Phi) is 4.46. The number of aliphatic hydroxyl groups is 1. The second kappa shape index (κ2) is 5.75. The first-order valence-electron chi connectivity index (χ1n) is 6.17. The Morgan fingerprint density at radius 3 is 2.37 bits per heavy atom. The zero-order chi connectivity index (χ0) is 14.0. The van der Waals surface area contributed by atoms with Crippen molar-refractivity contribution in [1.82, 2.24) is 0 Å². The Hall–Kier alpha value is -0.680. The molecule has 0 unspecified atom stereocenters. The molecule has 0 spiro atoms.